The Hall–Kier alpha value is -3.12. The molecule has 4 aromatic rings. The number of nitrogens with one attached hydrogen (secondary N) is 1. The molecule has 3 nitrogen and oxygen atoms in total. The lowest BCUT2D eigenvalue weighted by Crippen LogP contribution is -2.33. The molecule has 32 heavy (non-hydrogen) atoms. The van der Waals surface area contributed by atoms with Crippen molar-refractivity contribution in [3.63, 3.8) is 0 Å². The molecule has 0 radical (unpaired) electrons. The number of para-hydroxylation sites is 1. The number of benzene rings is 2. The van der Waals surface area contributed by atoms with Gasteiger partial charge in [-0.15, -0.1) is 0 Å². The summed E-state index contributed by atoms with van der Waals surface area (Å²) in [6, 6.07) is 20.1. The van der Waals surface area contributed by atoms with Crippen molar-refractivity contribution in [2.45, 2.75) is 31.5 Å². The minimum absolute atomic E-state index is 0.0673. The van der Waals surface area contributed by atoms with Crippen LogP contribution in [0.15, 0.2) is 72.9 Å². The molecule has 164 valence electrons. The van der Waals surface area contributed by atoms with Crippen LogP contribution in [-0.4, -0.2) is 28.0 Å². The van der Waals surface area contributed by atoms with Crippen LogP contribution in [0.2, 0.25) is 0 Å². The molecule has 1 saturated heterocycles. The quantitative estimate of drug-likeness (QED) is 0.390. The van der Waals surface area contributed by atoms with E-state index in [-0.39, 0.29) is 5.92 Å². The van der Waals surface area contributed by atoms with Crippen molar-refractivity contribution in [2.24, 2.45) is 0 Å². The first kappa shape index (κ1) is 20.8. The van der Waals surface area contributed by atoms with E-state index in [0.717, 1.165) is 41.9 Å². The van der Waals surface area contributed by atoms with Gasteiger partial charge in [0, 0.05) is 29.2 Å². The summed E-state index contributed by atoms with van der Waals surface area (Å²) in [4.78, 5) is 10.4. The van der Waals surface area contributed by atoms with Crippen LogP contribution in [-0.2, 0) is 12.7 Å². The fourth-order valence-corrected chi connectivity index (χ4v) is 4.83. The van der Waals surface area contributed by atoms with Gasteiger partial charge in [0.2, 0.25) is 0 Å². The molecular weight excluding hydrogens is 411 g/mol. The number of H-pyrrole nitrogens is 1. The van der Waals surface area contributed by atoms with Gasteiger partial charge >= 0.3 is 6.18 Å². The minimum atomic E-state index is -4.31. The Bertz CT molecular complexity index is 1210. The van der Waals surface area contributed by atoms with E-state index in [0.29, 0.717) is 18.4 Å². The number of hydrogen-bond donors (Lipinski definition) is 1. The number of aromatic amines is 1. The highest BCUT2D eigenvalue weighted by molar-refractivity contribution is 5.90. The van der Waals surface area contributed by atoms with Gasteiger partial charge in [0.25, 0.3) is 0 Å². The van der Waals surface area contributed by atoms with E-state index in [1.54, 1.807) is 18.3 Å². The van der Waals surface area contributed by atoms with Gasteiger partial charge in [-0.2, -0.15) is 13.2 Å². The first-order chi connectivity index (χ1) is 15.5. The summed E-state index contributed by atoms with van der Waals surface area (Å²) >= 11 is 0. The lowest BCUT2D eigenvalue weighted by Gasteiger charge is -2.33. The minimum Gasteiger partial charge on any atom is -0.353 e. The van der Waals surface area contributed by atoms with Crippen molar-refractivity contribution in [3.8, 4) is 11.4 Å². The second-order valence-corrected chi connectivity index (χ2v) is 8.37. The maximum absolute atomic E-state index is 13.5. The number of halogens is 3. The van der Waals surface area contributed by atoms with Gasteiger partial charge in [-0.05, 0) is 61.7 Å². The Morgan fingerprint density at radius 2 is 1.62 bits per heavy atom. The Kier molecular flexibility index (Phi) is 5.47. The van der Waals surface area contributed by atoms with Gasteiger partial charge in [-0.1, -0.05) is 42.5 Å². The summed E-state index contributed by atoms with van der Waals surface area (Å²) in [6.45, 7) is 2.26. The third kappa shape index (κ3) is 4.02. The summed E-state index contributed by atoms with van der Waals surface area (Å²) < 4.78 is 40.4. The topological polar surface area (TPSA) is 31.9 Å². The largest absolute Gasteiger partial charge is 0.416 e. The fraction of sp³-hybridized carbons (Fsp3) is 0.269. The fourth-order valence-electron chi connectivity index (χ4n) is 4.83. The van der Waals surface area contributed by atoms with Gasteiger partial charge in [0.1, 0.15) is 0 Å². The Morgan fingerprint density at radius 3 is 2.38 bits per heavy atom. The third-order valence-electron chi connectivity index (χ3n) is 6.41. The molecule has 5 rings (SSSR count). The predicted molar refractivity (Wildman–Crippen MR) is 120 cm³/mol. The first-order valence-electron chi connectivity index (χ1n) is 10.9. The molecule has 0 bridgehead atoms. The molecule has 1 aliphatic rings. The number of likely N-dealkylation sites (tertiary alicyclic amines) is 1. The molecule has 1 aliphatic heterocycles. The molecular formula is C26H24F3N3. The maximum atomic E-state index is 13.5. The normalized spacial score (nSPS) is 16.0. The molecule has 3 heterocycles. The van der Waals surface area contributed by atoms with E-state index in [9.17, 15) is 13.2 Å². The standard InChI is InChI=1S/C26H24F3N3/c27-26(28,29)22-9-3-1-7-19(22)18-12-15-32(16-13-18)17-21-20-8-2-4-10-23(20)31-25(21)24-11-5-6-14-30-24/h1-11,14,18,31H,12-13,15-17H2. The van der Waals surface area contributed by atoms with Gasteiger partial charge in [0.05, 0.1) is 17.0 Å². The van der Waals surface area contributed by atoms with Gasteiger partial charge < -0.3 is 4.98 Å². The first-order valence-corrected chi connectivity index (χ1v) is 10.9. The number of aromatic nitrogens is 2. The second kappa shape index (κ2) is 8.43. The van der Waals surface area contributed by atoms with E-state index in [2.05, 4.69) is 27.0 Å². The number of rotatable bonds is 4. The second-order valence-electron chi connectivity index (χ2n) is 8.37. The zero-order valence-electron chi connectivity index (χ0n) is 17.6. The molecule has 0 saturated carbocycles. The van der Waals surface area contributed by atoms with Gasteiger partial charge in [-0.3, -0.25) is 9.88 Å². The predicted octanol–water partition coefficient (Wildman–Crippen LogP) is 6.63. The SMILES string of the molecule is FC(F)(F)c1ccccc1C1CCN(Cc2c(-c3ccccn3)[nH]c3ccccc23)CC1. The monoisotopic (exact) mass is 435 g/mol. The molecule has 0 unspecified atom stereocenters. The van der Waals surface area contributed by atoms with Crippen molar-refractivity contribution in [1.29, 1.82) is 0 Å². The Morgan fingerprint density at radius 1 is 0.906 bits per heavy atom. The highest BCUT2D eigenvalue weighted by Gasteiger charge is 2.35. The van der Waals surface area contributed by atoms with Crippen LogP contribution in [0.25, 0.3) is 22.3 Å². The molecule has 1 N–H and O–H groups in total. The van der Waals surface area contributed by atoms with Crippen molar-refractivity contribution in [1.82, 2.24) is 14.9 Å². The summed E-state index contributed by atoms with van der Waals surface area (Å²) in [6.07, 6.45) is -1.09. The zero-order chi connectivity index (χ0) is 22.1. The Labute approximate surface area is 184 Å². The molecule has 2 aromatic heterocycles. The maximum Gasteiger partial charge on any atom is 0.416 e. The van der Waals surface area contributed by atoms with E-state index in [4.69, 9.17) is 0 Å². The molecule has 0 atom stereocenters. The lowest BCUT2D eigenvalue weighted by molar-refractivity contribution is -0.138. The molecule has 2 aromatic carbocycles. The summed E-state index contributed by atoms with van der Waals surface area (Å²) in [5.41, 5.74) is 4.10. The van der Waals surface area contributed by atoms with Crippen LogP contribution in [0.1, 0.15) is 35.4 Å². The van der Waals surface area contributed by atoms with Gasteiger partial charge in [0.15, 0.2) is 0 Å². The van der Waals surface area contributed by atoms with Crippen LogP contribution in [0.4, 0.5) is 13.2 Å². The number of alkyl halides is 3. The number of nitrogens with zero attached hydrogens (tertiary/aromatic N) is 2. The van der Waals surface area contributed by atoms with Gasteiger partial charge in [-0.25, -0.2) is 0 Å². The van der Waals surface area contributed by atoms with Crippen molar-refractivity contribution in [3.05, 3.63) is 89.6 Å². The average molecular weight is 435 g/mol. The van der Waals surface area contributed by atoms with Crippen LogP contribution in [0.3, 0.4) is 0 Å². The van der Waals surface area contributed by atoms with E-state index >= 15 is 0 Å². The van der Waals surface area contributed by atoms with E-state index < -0.39 is 11.7 Å². The van der Waals surface area contributed by atoms with E-state index in [1.165, 1.54) is 17.7 Å². The third-order valence-corrected chi connectivity index (χ3v) is 6.41. The van der Waals surface area contributed by atoms with Crippen molar-refractivity contribution >= 4 is 10.9 Å². The average Bonchev–Trinajstić information content (AvgIpc) is 3.18. The van der Waals surface area contributed by atoms with Crippen LogP contribution in [0.5, 0.6) is 0 Å². The molecule has 6 heteroatoms. The number of pyridine rings is 1. The number of hydrogen-bond acceptors (Lipinski definition) is 2. The highest BCUT2D eigenvalue weighted by Crippen LogP contribution is 2.39. The summed E-state index contributed by atoms with van der Waals surface area (Å²) in [5.74, 6) is -0.0673. The van der Waals surface area contributed by atoms with Crippen LogP contribution < -0.4 is 0 Å². The summed E-state index contributed by atoms with van der Waals surface area (Å²) in [5, 5.41) is 1.16. The molecule has 0 amide bonds. The zero-order valence-corrected chi connectivity index (χ0v) is 17.6. The summed E-state index contributed by atoms with van der Waals surface area (Å²) in [7, 11) is 0. The molecule has 0 aliphatic carbocycles. The number of piperidine rings is 1. The van der Waals surface area contributed by atoms with Crippen LogP contribution >= 0.6 is 0 Å². The van der Waals surface area contributed by atoms with Crippen molar-refractivity contribution < 1.29 is 13.2 Å². The number of fused-ring (bicyclic) bond motifs is 1. The van der Waals surface area contributed by atoms with Crippen LogP contribution in [0, 0.1) is 0 Å². The highest BCUT2D eigenvalue weighted by atomic mass is 19.4. The van der Waals surface area contributed by atoms with E-state index in [1.807, 2.05) is 30.3 Å². The lowest BCUT2D eigenvalue weighted by atomic mass is 9.86. The Balaban J connectivity index is 1.38. The molecule has 0 spiro atoms. The smallest absolute Gasteiger partial charge is 0.353 e. The van der Waals surface area contributed by atoms with Crippen molar-refractivity contribution in [2.75, 3.05) is 13.1 Å². The molecule has 1 fully saturated rings.